The van der Waals surface area contributed by atoms with Crippen molar-refractivity contribution in [2.24, 2.45) is 0 Å². The van der Waals surface area contributed by atoms with Crippen molar-refractivity contribution in [1.82, 2.24) is 4.90 Å². The molecule has 0 spiro atoms. The van der Waals surface area contributed by atoms with Crippen LogP contribution in [0.2, 0.25) is 0 Å². The van der Waals surface area contributed by atoms with E-state index in [1.165, 1.54) is 0 Å². The first-order chi connectivity index (χ1) is 5.25. The average Bonchev–Trinajstić information content (AvgIpc) is 2.36. The third-order valence-corrected chi connectivity index (χ3v) is 1.93. The van der Waals surface area contributed by atoms with Gasteiger partial charge in [0, 0.05) is 0 Å². The van der Waals surface area contributed by atoms with Crippen molar-refractivity contribution in [3.8, 4) is 12.3 Å². The smallest absolute Gasteiger partial charge is 0.0951 e. The van der Waals surface area contributed by atoms with Crippen LogP contribution in [0.15, 0.2) is 0 Å². The number of hydrogen-bond donors (Lipinski definition) is 1. The van der Waals surface area contributed by atoms with Gasteiger partial charge in [-0.15, -0.1) is 6.42 Å². The molecule has 1 heterocycles. The van der Waals surface area contributed by atoms with Crippen LogP contribution in [0.3, 0.4) is 0 Å². The maximum Gasteiger partial charge on any atom is 0.0951 e. The molecule has 0 radical (unpaired) electrons. The number of aliphatic hydroxyl groups excluding tert-OH is 1. The molecule has 62 valence electrons. The molecule has 11 heavy (non-hydrogen) atoms. The highest BCUT2D eigenvalue weighted by Crippen LogP contribution is 2.10. The summed E-state index contributed by atoms with van der Waals surface area (Å²) in [6, 6.07) is 0.0750. The van der Waals surface area contributed by atoms with Gasteiger partial charge in [0.15, 0.2) is 0 Å². The minimum atomic E-state index is -0.381. The largest absolute Gasteiger partial charge is 0.389 e. The standard InChI is InChI=1S/C8H13NO2/c1-3-4-9(2)7-5-11-6-8(7)10/h1,7-8,10H,4-6H2,2H3/t7?,8-/m1/s1. The van der Waals surface area contributed by atoms with Gasteiger partial charge in [0.1, 0.15) is 0 Å². The molecule has 0 aliphatic carbocycles. The number of hydrogen-bond acceptors (Lipinski definition) is 3. The topological polar surface area (TPSA) is 32.7 Å². The van der Waals surface area contributed by atoms with Gasteiger partial charge >= 0.3 is 0 Å². The van der Waals surface area contributed by atoms with E-state index < -0.39 is 0 Å². The van der Waals surface area contributed by atoms with E-state index in [1.54, 1.807) is 0 Å². The van der Waals surface area contributed by atoms with Crippen molar-refractivity contribution in [3.05, 3.63) is 0 Å². The summed E-state index contributed by atoms with van der Waals surface area (Å²) in [5.74, 6) is 2.52. The van der Waals surface area contributed by atoms with Gasteiger partial charge in [-0.05, 0) is 7.05 Å². The van der Waals surface area contributed by atoms with E-state index in [0.29, 0.717) is 19.8 Å². The lowest BCUT2D eigenvalue weighted by Gasteiger charge is -2.22. The Kier molecular flexibility index (Phi) is 2.89. The number of nitrogens with zero attached hydrogens (tertiary/aromatic N) is 1. The molecular formula is C8H13NO2. The number of aliphatic hydroxyl groups is 1. The van der Waals surface area contributed by atoms with Crippen LogP contribution in [0.5, 0.6) is 0 Å². The Labute approximate surface area is 67.0 Å². The van der Waals surface area contributed by atoms with Crippen LogP contribution in [-0.4, -0.2) is 49.0 Å². The second-order valence-corrected chi connectivity index (χ2v) is 2.79. The van der Waals surface area contributed by atoms with Crippen molar-refractivity contribution in [2.75, 3.05) is 26.8 Å². The molecule has 1 aliphatic rings. The zero-order valence-corrected chi connectivity index (χ0v) is 6.66. The van der Waals surface area contributed by atoms with Crippen LogP contribution in [0, 0.1) is 12.3 Å². The number of ether oxygens (including phenoxy) is 1. The van der Waals surface area contributed by atoms with Crippen LogP contribution in [0.1, 0.15) is 0 Å². The van der Waals surface area contributed by atoms with Gasteiger partial charge in [0.05, 0.1) is 31.9 Å². The number of likely N-dealkylation sites (N-methyl/N-ethyl adjacent to an activating group) is 1. The predicted molar refractivity (Wildman–Crippen MR) is 42.1 cm³/mol. The lowest BCUT2D eigenvalue weighted by molar-refractivity contribution is 0.101. The van der Waals surface area contributed by atoms with E-state index in [1.807, 2.05) is 11.9 Å². The Bertz CT molecular complexity index is 164. The van der Waals surface area contributed by atoms with Gasteiger partial charge in [-0.25, -0.2) is 0 Å². The normalized spacial score (nSPS) is 30.7. The molecule has 0 aromatic rings. The SMILES string of the molecule is C#CCN(C)C1COC[C@H]1O. The van der Waals surface area contributed by atoms with E-state index in [2.05, 4.69) is 5.92 Å². The highest BCUT2D eigenvalue weighted by Gasteiger charge is 2.28. The van der Waals surface area contributed by atoms with Gasteiger partial charge < -0.3 is 9.84 Å². The lowest BCUT2D eigenvalue weighted by Crippen LogP contribution is -2.40. The third-order valence-electron chi connectivity index (χ3n) is 1.93. The van der Waals surface area contributed by atoms with Gasteiger partial charge in [-0.2, -0.15) is 0 Å². The highest BCUT2D eigenvalue weighted by atomic mass is 16.5. The van der Waals surface area contributed by atoms with Crippen LogP contribution in [-0.2, 0) is 4.74 Å². The van der Waals surface area contributed by atoms with Crippen LogP contribution < -0.4 is 0 Å². The van der Waals surface area contributed by atoms with Gasteiger partial charge in [0.2, 0.25) is 0 Å². The van der Waals surface area contributed by atoms with Gasteiger partial charge in [0.25, 0.3) is 0 Å². The summed E-state index contributed by atoms with van der Waals surface area (Å²) in [6.07, 6.45) is 4.75. The fraction of sp³-hybridized carbons (Fsp3) is 0.750. The fourth-order valence-electron chi connectivity index (χ4n) is 1.21. The van der Waals surface area contributed by atoms with Crippen molar-refractivity contribution in [1.29, 1.82) is 0 Å². The summed E-state index contributed by atoms with van der Waals surface area (Å²) in [7, 11) is 1.89. The minimum Gasteiger partial charge on any atom is -0.389 e. The van der Waals surface area contributed by atoms with Crippen molar-refractivity contribution in [3.63, 3.8) is 0 Å². The molecular weight excluding hydrogens is 142 g/mol. The molecule has 0 aromatic heterocycles. The summed E-state index contributed by atoms with van der Waals surface area (Å²) < 4.78 is 5.08. The number of terminal acetylenes is 1. The molecule has 1 saturated heterocycles. The molecule has 2 atom stereocenters. The van der Waals surface area contributed by atoms with E-state index in [0.717, 1.165) is 0 Å². The molecule has 0 saturated carbocycles. The zero-order chi connectivity index (χ0) is 8.27. The van der Waals surface area contributed by atoms with Gasteiger partial charge in [-0.3, -0.25) is 4.90 Å². The Balaban J connectivity index is 2.40. The Hall–Kier alpha value is -0.560. The maximum absolute atomic E-state index is 9.35. The Morgan fingerprint density at radius 2 is 2.45 bits per heavy atom. The average molecular weight is 155 g/mol. The Morgan fingerprint density at radius 3 is 2.91 bits per heavy atom. The number of rotatable bonds is 2. The molecule has 1 unspecified atom stereocenters. The van der Waals surface area contributed by atoms with Crippen LogP contribution in [0.4, 0.5) is 0 Å². The Morgan fingerprint density at radius 1 is 1.73 bits per heavy atom. The molecule has 1 rings (SSSR count). The minimum absolute atomic E-state index is 0.0750. The quantitative estimate of drug-likeness (QED) is 0.536. The second-order valence-electron chi connectivity index (χ2n) is 2.79. The van der Waals surface area contributed by atoms with E-state index in [4.69, 9.17) is 11.2 Å². The summed E-state index contributed by atoms with van der Waals surface area (Å²) in [6.45, 7) is 1.57. The third kappa shape index (κ3) is 1.93. The lowest BCUT2D eigenvalue weighted by atomic mass is 10.2. The first-order valence-electron chi connectivity index (χ1n) is 3.65. The summed E-state index contributed by atoms with van der Waals surface area (Å²) >= 11 is 0. The molecule has 1 fully saturated rings. The molecule has 0 bridgehead atoms. The first-order valence-corrected chi connectivity index (χ1v) is 3.65. The van der Waals surface area contributed by atoms with Gasteiger partial charge in [-0.1, -0.05) is 5.92 Å². The van der Waals surface area contributed by atoms with Crippen molar-refractivity contribution in [2.45, 2.75) is 12.1 Å². The maximum atomic E-state index is 9.35. The summed E-state index contributed by atoms with van der Waals surface area (Å²) in [4.78, 5) is 1.93. The summed E-state index contributed by atoms with van der Waals surface area (Å²) in [5.41, 5.74) is 0. The highest BCUT2D eigenvalue weighted by molar-refractivity contribution is 4.92. The predicted octanol–water partition coefficient (Wildman–Crippen LogP) is -0.689. The van der Waals surface area contributed by atoms with E-state index in [9.17, 15) is 5.11 Å². The monoisotopic (exact) mass is 155 g/mol. The van der Waals surface area contributed by atoms with Crippen LogP contribution >= 0.6 is 0 Å². The molecule has 0 aromatic carbocycles. The summed E-state index contributed by atoms with van der Waals surface area (Å²) in [5, 5.41) is 9.35. The molecule has 1 aliphatic heterocycles. The van der Waals surface area contributed by atoms with E-state index in [-0.39, 0.29) is 12.1 Å². The van der Waals surface area contributed by atoms with Crippen LogP contribution in [0.25, 0.3) is 0 Å². The fourth-order valence-corrected chi connectivity index (χ4v) is 1.21. The molecule has 0 amide bonds. The zero-order valence-electron chi connectivity index (χ0n) is 6.66. The molecule has 3 nitrogen and oxygen atoms in total. The van der Waals surface area contributed by atoms with E-state index >= 15 is 0 Å². The molecule has 1 N–H and O–H groups in total. The molecule has 3 heteroatoms. The van der Waals surface area contributed by atoms with Crippen molar-refractivity contribution >= 4 is 0 Å². The second kappa shape index (κ2) is 3.72. The first kappa shape index (κ1) is 8.54. The van der Waals surface area contributed by atoms with Crippen molar-refractivity contribution < 1.29 is 9.84 Å².